The van der Waals surface area contributed by atoms with E-state index in [-0.39, 0.29) is 36.1 Å². The summed E-state index contributed by atoms with van der Waals surface area (Å²) in [4.78, 5) is 7.69. The summed E-state index contributed by atoms with van der Waals surface area (Å²) in [5.41, 5.74) is 3.83. The highest BCUT2D eigenvalue weighted by molar-refractivity contribution is 14.0. The van der Waals surface area contributed by atoms with Gasteiger partial charge in [0.2, 0.25) is 0 Å². The zero-order valence-corrected chi connectivity index (χ0v) is 18.7. The number of rotatable bonds is 7. The maximum atomic E-state index is 5.86. The van der Waals surface area contributed by atoms with Crippen molar-refractivity contribution in [2.75, 3.05) is 33.4 Å². The Morgan fingerprint density at radius 2 is 2.30 bits per heavy atom. The van der Waals surface area contributed by atoms with Crippen LogP contribution in [-0.2, 0) is 15.9 Å². The van der Waals surface area contributed by atoms with Crippen LogP contribution in [-0.4, -0.2) is 56.5 Å². The molecule has 1 aliphatic rings. The predicted octanol–water partition coefficient (Wildman–Crippen LogP) is 3.00. The van der Waals surface area contributed by atoms with Gasteiger partial charge in [0.1, 0.15) is 0 Å². The van der Waals surface area contributed by atoms with Crippen LogP contribution >= 0.6 is 24.0 Å². The van der Waals surface area contributed by atoms with Crippen LogP contribution in [0.3, 0.4) is 0 Å². The molecular weight excluding hydrogens is 455 g/mol. The number of hydrogen-bond acceptors (Lipinski definition) is 3. The van der Waals surface area contributed by atoms with Crippen molar-refractivity contribution < 1.29 is 9.47 Å². The number of halogens is 1. The van der Waals surface area contributed by atoms with Gasteiger partial charge in [0.05, 0.1) is 19.3 Å². The number of guanidine groups is 1. The van der Waals surface area contributed by atoms with Gasteiger partial charge in [-0.05, 0) is 37.8 Å². The maximum absolute atomic E-state index is 5.86. The third kappa shape index (κ3) is 6.08. The lowest BCUT2D eigenvalue weighted by Crippen LogP contribution is -2.45. The minimum absolute atomic E-state index is 0. The Balaban J connectivity index is 0.00000261. The second kappa shape index (κ2) is 10.9. The molecule has 150 valence electrons. The van der Waals surface area contributed by atoms with Crippen LogP contribution in [0.2, 0.25) is 0 Å². The first kappa shape index (κ1) is 22.0. The number of fused-ring (bicyclic) bond motifs is 1. The molecule has 0 radical (unpaired) electrons. The van der Waals surface area contributed by atoms with Gasteiger partial charge in [-0.25, -0.2) is 0 Å². The van der Waals surface area contributed by atoms with Gasteiger partial charge in [0.25, 0.3) is 0 Å². The number of para-hydroxylation sites is 1. The average Bonchev–Trinajstić information content (AvgIpc) is 3.30. The molecule has 1 aromatic carbocycles. The van der Waals surface area contributed by atoms with E-state index >= 15 is 0 Å². The fraction of sp³-hybridized carbons (Fsp3) is 0.550. The van der Waals surface area contributed by atoms with Crippen molar-refractivity contribution in [2.24, 2.45) is 4.99 Å². The lowest BCUT2D eigenvalue weighted by molar-refractivity contribution is 0.0347. The van der Waals surface area contributed by atoms with Crippen molar-refractivity contribution in [3.05, 3.63) is 35.5 Å². The van der Waals surface area contributed by atoms with Crippen molar-refractivity contribution >= 4 is 40.8 Å². The summed E-state index contributed by atoms with van der Waals surface area (Å²) >= 11 is 0. The summed E-state index contributed by atoms with van der Waals surface area (Å²) in [5, 5.41) is 8.07. The molecule has 1 saturated heterocycles. The van der Waals surface area contributed by atoms with Crippen LogP contribution in [0.25, 0.3) is 10.9 Å². The quantitative estimate of drug-likeness (QED) is 0.320. The van der Waals surface area contributed by atoms with Crippen molar-refractivity contribution in [3.8, 4) is 0 Å². The van der Waals surface area contributed by atoms with E-state index in [1.807, 2.05) is 0 Å². The number of benzene rings is 1. The fourth-order valence-corrected chi connectivity index (χ4v) is 3.28. The number of nitrogens with zero attached hydrogens (tertiary/aromatic N) is 1. The van der Waals surface area contributed by atoms with Crippen LogP contribution in [0.4, 0.5) is 0 Å². The van der Waals surface area contributed by atoms with E-state index < -0.39 is 0 Å². The van der Waals surface area contributed by atoms with Crippen LogP contribution in [0.15, 0.2) is 29.4 Å². The third-order valence-corrected chi connectivity index (χ3v) is 4.77. The highest BCUT2D eigenvalue weighted by atomic mass is 127. The molecule has 6 nitrogen and oxygen atoms in total. The van der Waals surface area contributed by atoms with Crippen LogP contribution in [0.1, 0.15) is 24.5 Å². The normalized spacial score (nSPS) is 18.3. The van der Waals surface area contributed by atoms with Crippen molar-refractivity contribution in [2.45, 2.75) is 38.8 Å². The summed E-state index contributed by atoms with van der Waals surface area (Å²) in [6.07, 6.45) is 4.27. The Morgan fingerprint density at radius 3 is 3.04 bits per heavy atom. The van der Waals surface area contributed by atoms with Gasteiger partial charge < -0.3 is 25.1 Å². The number of nitrogens with one attached hydrogen (secondary N) is 3. The van der Waals surface area contributed by atoms with E-state index in [0.29, 0.717) is 13.2 Å². The van der Waals surface area contributed by atoms with E-state index in [1.165, 1.54) is 22.0 Å². The lowest BCUT2D eigenvalue weighted by Gasteiger charge is -2.19. The summed E-state index contributed by atoms with van der Waals surface area (Å²) < 4.78 is 11.2. The van der Waals surface area contributed by atoms with Gasteiger partial charge in [-0.3, -0.25) is 4.99 Å². The second-order valence-electron chi connectivity index (χ2n) is 6.92. The Kier molecular flexibility index (Phi) is 8.85. The van der Waals surface area contributed by atoms with Crippen molar-refractivity contribution in [1.29, 1.82) is 0 Å². The molecule has 2 aromatic rings. The average molecular weight is 486 g/mol. The topological polar surface area (TPSA) is 70.7 Å². The van der Waals surface area contributed by atoms with Crippen LogP contribution < -0.4 is 10.6 Å². The zero-order valence-electron chi connectivity index (χ0n) is 16.4. The molecule has 1 fully saturated rings. The third-order valence-electron chi connectivity index (χ3n) is 4.77. The number of aliphatic imine (C=N–C) groups is 1. The minimum atomic E-state index is 0. The van der Waals surface area contributed by atoms with Crippen LogP contribution in [0.5, 0.6) is 0 Å². The van der Waals surface area contributed by atoms with Gasteiger partial charge in [-0.2, -0.15) is 0 Å². The molecular formula is C20H31IN4O2. The molecule has 27 heavy (non-hydrogen) atoms. The van der Waals surface area contributed by atoms with E-state index in [0.717, 1.165) is 32.0 Å². The Labute approximate surface area is 178 Å². The molecule has 1 aromatic heterocycles. The first-order chi connectivity index (χ1) is 12.7. The zero-order chi connectivity index (χ0) is 18.4. The molecule has 2 atom stereocenters. The van der Waals surface area contributed by atoms with E-state index in [1.54, 1.807) is 7.05 Å². The standard InChI is InChI=1S/C20H30N4O2.HI/c1-14-5-4-6-18-16(11-23-19(14)18)7-9-22-20(21-3)24-15(2)12-26-17-8-10-25-13-17;/h4-6,11,15,17,23H,7-10,12-13H2,1-3H3,(H2,21,22,24);1H. The monoisotopic (exact) mass is 486 g/mol. The first-order valence-corrected chi connectivity index (χ1v) is 9.39. The Bertz CT molecular complexity index is 741. The van der Waals surface area contributed by atoms with Gasteiger partial charge >= 0.3 is 0 Å². The van der Waals surface area contributed by atoms with Crippen molar-refractivity contribution in [3.63, 3.8) is 0 Å². The molecule has 1 aliphatic heterocycles. The molecule has 2 heterocycles. The van der Waals surface area contributed by atoms with Gasteiger partial charge in [-0.1, -0.05) is 18.2 Å². The second-order valence-corrected chi connectivity index (χ2v) is 6.92. The molecule has 3 rings (SSSR count). The Hall–Kier alpha value is -1.32. The smallest absolute Gasteiger partial charge is 0.191 e. The molecule has 0 bridgehead atoms. The lowest BCUT2D eigenvalue weighted by atomic mass is 10.1. The van der Waals surface area contributed by atoms with E-state index in [9.17, 15) is 0 Å². The maximum Gasteiger partial charge on any atom is 0.191 e. The number of hydrogen-bond donors (Lipinski definition) is 3. The SMILES string of the molecule is CN=C(NCCc1c[nH]c2c(C)cccc12)NC(C)COC1CCOC1.I. The summed E-state index contributed by atoms with van der Waals surface area (Å²) in [5.74, 6) is 0.805. The fourth-order valence-electron chi connectivity index (χ4n) is 3.28. The van der Waals surface area contributed by atoms with Gasteiger partial charge in [0.15, 0.2) is 5.96 Å². The summed E-state index contributed by atoms with van der Waals surface area (Å²) in [6.45, 7) is 7.23. The summed E-state index contributed by atoms with van der Waals surface area (Å²) in [7, 11) is 1.79. The van der Waals surface area contributed by atoms with Crippen molar-refractivity contribution in [1.82, 2.24) is 15.6 Å². The molecule has 0 amide bonds. The number of aryl methyl sites for hydroxylation is 1. The Morgan fingerprint density at radius 1 is 1.44 bits per heavy atom. The molecule has 3 N–H and O–H groups in total. The number of H-pyrrole nitrogens is 1. The molecule has 7 heteroatoms. The molecule has 2 unspecified atom stereocenters. The molecule has 0 aliphatic carbocycles. The largest absolute Gasteiger partial charge is 0.379 e. The first-order valence-electron chi connectivity index (χ1n) is 9.39. The van der Waals surface area contributed by atoms with Crippen LogP contribution in [0, 0.1) is 6.92 Å². The van der Waals surface area contributed by atoms with E-state index in [4.69, 9.17) is 9.47 Å². The highest BCUT2D eigenvalue weighted by Crippen LogP contribution is 2.21. The number of aromatic nitrogens is 1. The summed E-state index contributed by atoms with van der Waals surface area (Å²) in [6, 6.07) is 6.61. The highest BCUT2D eigenvalue weighted by Gasteiger charge is 2.17. The minimum Gasteiger partial charge on any atom is -0.379 e. The van der Waals surface area contributed by atoms with Gasteiger partial charge in [-0.15, -0.1) is 24.0 Å². The number of ether oxygens (including phenoxy) is 2. The number of aromatic amines is 1. The van der Waals surface area contributed by atoms with E-state index in [2.05, 4.69) is 58.9 Å². The molecule has 0 saturated carbocycles. The molecule has 0 spiro atoms. The predicted molar refractivity (Wildman–Crippen MR) is 121 cm³/mol. The van der Waals surface area contributed by atoms with Gasteiger partial charge in [0, 0.05) is 43.3 Å².